The van der Waals surface area contributed by atoms with Crippen LogP contribution in [0.1, 0.15) is 34.9 Å². The average Bonchev–Trinajstić information content (AvgIpc) is 3.21. The Balaban J connectivity index is 1.54. The number of aryl methyl sites for hydroxylation is 2. The van der Waals surface area contributed by atoms with Crippen molar-refractivity contribution in [3.8, 4) is 23.0 Å². The van der Waals surface area contributed by atoms with Crippen LogP contribution in [0.5, 0.6) is 23.0 Å². The number of fused-ring (bicyclic) bond motifs is 1. The Morgan fingerprint density at radius 2 is 1.87 bits per heavy atom. The van der Waals surface area contributed by atoms with Crippen LogP contribution in [0.3, 0.4) is 0 Å². The molecular weight excluding hydrogens is 402 g/mol. The maximum Gasteiger partial charge on any atom is 0.161 e. The molecule has 3 N–H and O–H groups in total. The number of benzene rings is 2. The molecule has 8 heteroatoms. The van der Waals surface area contributed by atoms with Crippen LogP contribution in [0, 0.1) is 20.8 Å². The smallest absolute Gasteiger partial charge is 0.161 e. The van der Waals surface area contributed by atoms with E-state index in [0.29, 0.717) is 24.5 Å². The van der Waals surface area contributed by atoms with E-state index in [-0.39, 0.29) is 11.5 Å². The summed E-state index contributed by atoms with van der Waals surface area (Å²) in [5.74, 6) is 1.54. The molecule has 2 heterocycles. The molecule has 0 saturated heterocycles. The zero-order valence-corrected chi connectivity index (χ0v) is 18.2. The molecule has 1 unspecified atom stereocenters. The Morgan fingerprint density at radius 1 is 1.10 bits per heavy atom. The highest BCUT2D eigenvalue weighted by Crippen LogP contribution is 2.50. The molecule has 0 fully saturated rings. The van der Waals surface area contributed by atoms with Crippen molar-refractivity contribution in [2.75, 3.05) is 5.75 Å². The lowest BCUT2D eigenvalue weighted by molar-refractivity contribution is 0.0988. The minimum absolute atomic E-state index is 0.127. The Hall–Kier alpha value is -2.87. The van der Waals surface area contributed by atoms with Gasteiger partial charge in [0.05, 0.1) is 11.1 Å². The SMILES string of the molecule is Cc1c(C)c2c(c(C)c1O)SCC(C)(c1cn(CCc3ccc(O)c(O)c3)nn1)O2. The summed E-state index contributed by atoms with van der Waals surface area (Å²) < 4.78 is 8.21. The molecule has 2 aromatic carbocycles. The normalized spacial score (nSPS) is 18.1. The lowest BCUT2D eigenvalue weighted by atomic mass is 10.0. The summed E-state index contributed by atoms with van der Waals surface area (Å²) in [5, 5.41) is 38.0. The molecular formula is C22H25N3O4S. The van der Waals surface area contributed by atoms with Crippen molar-refractivity contribution in [2.45, 2.75) is 51.2 Å². The molecule has 0 spiro atoms. The van der Waals surface area contributed by atoms with Crippen LogP contribution in [0.25, 0.3) is 0 Å². The molecule has 0 amide bonds. The highest BCUT2D eigenvalue weighted by Gasteiger charge is 2.39. The molecule has 1 aromatic heterocycles. The number of ether oxygens (including phenoxy) is 1. The first kappa shape index (κ1) is 20.4. The molecule has 1 aliphatic rings. The Labute approximate surface area is 179 Å². The molecule has 0 radical (unpaired) electrons. The van der Waals surface area contributed by atoms with Gasteiger partial charge in [-0.25, -0.2) is 0 Å². The number of phenols is 3. The molecule has 30 heavy (non-hydrogen) atoms. The van der Waals surface area contributed by atoms with Crippen LogP contribution in [0.15, 0.2) is 29.3 Å². The van der Waals surface area contributed by atoms with Crippen LogP contribution in [-0.4, -0.2) is 36.1 Å². The third-order valence-corrected chi connectivity index (χ3v) is 7.20. The second kappa shape index (κ2) is 7.43. The third-order valence-electron chi connectivity index (χ3n) is 5.73. The van der Waals surface area contributed by atoms with E-state index in [1.807, 2.05) is 33.9 Å². The minimum Gasteiger partial charge on any atom is -0.507 e. The van der Waals surface area contributed by atoms with E-state index in [2.05, 4.69) is 10.3 Å². The first-order valence-electron chi connectivity index (χ1n) is 9.75. The summed E-state index contributed by atoms with van der Waals surface area (Å²) in [6.45, 7) is 8.37. The van der Waals surface area contributed by atoms with Gasteiger partial charge in [0, 0.05) is 17.9 Å². The van der Waals surface area contributed by atoms with Crippen molar-refractivity contribution in [3.63, 3.8) is 0 Å². The van der Waals surface area contributed by atoms with Gasteiger partial charge in [0.2, 0.25) is 0 Å². The van der Waals surface area contributed by atoms with Gasteiger partial charge in [-0.15, -0.1) is 16.9 Å². The van der Waals surface area contributed by atoms with Gasteiger partial charge in [-0.3, -0.25) is 4.68 Å². The van der Waals surface area contributed by atoms with Gasteiger partial charge in [0.25, 0.3) is 0 Å². The van der Waals surface area contributed by atoms with Crippen molar-refractivity contribution in [1.29, 1.82) is 0 Å². The lowest BCUT2D eigenvalue weighted by Crippen LogP contribution is -2.36. The van der Waals surface area contributed by atoms with Crippen molar-refractivity contribution in [1.82, 2.24) is 15.0 Å². The highest BCUT2D eigenvalue weighted by atomic mass is 32.2. The summed E-state index contributed by atoms with van der Waals surface area (Å²) in [7, 11) is 0. The molecule has 0 aliphatic carbocycles. The summed E-state index contributed by atoms with van der Waals surface area (Å²) >= 11 is 1.66. The van der Waals surface area contributed by atoms with Crippen LogP contribution >= 0.6 is 11.8 Å². The summed E-state index contributed by atoms with van der Waals surface area (Å²) in [6.07, 6.45) is 2.53. The summed E-state index contributed by atoms with van der Waals surface area (Å²) in [6, 6.07) is 4.80. The van der Waals surface area contributed by atoms with Gasteiger partial charge in [-0.1, -0.05) is 11.3 Å². The largest absolute Gasteiger partial charge is 0.507 e. The van der Waals surface area contributed by atoms with Gasteiger partial charge in [-0.05, 0) is 62.9 Å². The predicted molar refractivity (Wildman–Crippen MR) is 115 cm³/mol. The Morgan fingerprint density at radius 3 is 2.60 bits per heavy atom. The lowest BCUT2D eigenvalue weighted by Gasteiger charge is -2.35. The first-order valence-corrected chi connectivity index (χ1v) is 10.7. The number of rotatable bonds is 4. The van der Waals surface area contributed by atoms with E-state index in [1.54, 1.807) is 28.6 Å². The van der Waals surface area contributed by atoms with E-state index in [4.69, 9.17) is 4.74 Å². The number of hydrogen-bond donors (Lipinski definition) is 3. The topological polar surface area (TPSA) is 101 Å². The number of hydrogen-bond acceptors (Lipinski definition) is 7. The van der Waals surface area contributed by atoms with Crippen molar-refractivity contribution in [2.24, 2.45) is 0 Å². The molecule has 7 nitrogen and oxygen atoms in total. The molecule has 158 valence electrons. The van der Waals surface area contributed by atoms with Crippen LogP contribution in [-0.2, 0) is 18.6 Å². The van der Waals surface area contributed by atoms with Gasteiger partial charge in [-0.2, -0.15) is 0 Å². The molecule has 0 saturated carbocycles. The highest BCUT2D eigenvalue weighted by molar-refractivity contribution is 7.99. The third kappa shape index (κ3) is 3.45. The standard InChI is InChI=1S/C22H25N3O4S/c1-12-13(2)20-21(14(3)19(12)28)30-11-22(4,29-20)18-10-25(24-23-18)8-7-15-5-6-16(26)17(27)9-15/h5-6,9-10,26-28H,7-8,11H2,1-4H3. The number of aromatic nitrogens is 3. The number of thioether (sulfide) groups is 1. The van der Waals surface area contributed by atoms with Gasteiger partial charge >= 0.3 is 0 Å². The maximum atomic E-state index is 10.4. The second-order valence-corrected chi connectivity index (χ2v) is 8.93. The molecule has 0 bridgehead atoms. The fraction of sp³-hybridized carbons (Fsp3) is 0.364. The van der Waals surface area contributed by atoms with E-state index in [0.717, 1.165) is 38.6 Å². The minimum atomic E-state index is -0.632. The van der Waals surface area contributed by atoms with Crippen LogP contribution in [0.2, 0.25) is 0 Å². The number of aromatic hydroxyl groups is 3. The van der Waals surface area contributed by atoms with Crippen molar-refractivity contribution in [3.05, 3.63) is 52.3 Å². The zero-order valence-electron chi connectivity index (χ0n) is 17.4. The zero-order chi connectivity index (χ0) is 21.6. The Kier molecular flexibility index (Phi) is 5.05. The summed E-state index contributed by atoms with van der Waals surface area (Å²) in [4.78, 5) is 0.979. The quantitative estimate of drug-likeness (QED) is 0.542. The van der Waals surface area contributed by atoms with E-state index < -0.39 is 5.60 Å². The molecule has 1 atom stereocenters. The molecule has 3 aromatic rings. The molecule has 4 rings (SSSR count). The van der Waals surface area contributed by atoms with Gasteiger partial charge < -0.3 is 20.1 Å². The van der Waals surface area contributed by atoms with Crippen LogP contribution < -0.4 is 4.74 Å². The second-order valence-electron chi connectivity index (χ2n) is 7.94. The first-order chi connectivity index (χ1) is 14.2. The monoisotopic (exact) mass is 427 g/mol. The average molecular weight is 428 g/mol. The fourth-order valence-electron chi connectivity index (χ4n) is 3.58. The van der Waals surface area contributed by atoms with Gasteiger partial charge in [0.1, 0.15) is 17.2 Å². The van der Waals surface area contributed by atoms with Crippen molar-refractivity contribution < 1.29 is 20.1 Å². The summed E-state index contributed by atoms with van der Waals surface area (Å²) in [5.41, 5.74) is 3.63. The number of nitrogens with zero attached hydrogens (tertiary/aromatic N) is 3. The van der Waals surface area contributed by atoms with E-state index in [9.17, 15) is 15.3 Å². The fourth-order valence-corrected chi connectivity index (χ4v) is 4.85. The van der Waals surface area contributed by atoms with Crippen molar-refractivity contribution >= 4 is 11.8 Å². The Bertz CT molecular complexity index is 1130. The number of phenolic OH excluding ortho intramolecular Hbond substituents is 3. The maximum absolute atomic E-state index is 10.4. The van der Waals surface area contributed by atoms with Gasteiger partial charge in [0.15, 0.2) is 17.1 Å². The van der Waals surface area contributed by atoms with Crippen LogP contribution in [0.4, 0.5) is 0 Å². The predicted octanol–water partition coefficient (Wildman–Crippen LogP) is 3.96. The van der Waals surface area contributed by atoms with E-state index >= 15 is 0 Å². The van der Waals surface area contributed by atoms with E-state index in [1.165, 1.54) is 6.07 Å². The molecule has 1 aliphatic heterocycles.